The molecule has 0 saturated heterocycles. The molecule has 0 atom stereocenters. The molecule has 100 valence electrons. The number of nitrogens with two attached hydrogens (primary N) is 1. The number of para-hydroxylation sites is 1. The van der Waals surface area contributed by atoms with Gasteiger partial charge in [-0.25, -0.2) is 0 Å². The van der Waals surface area contributed by atoms with Crippen molar-refractivity contribution in [2.24, 2.45) is 0 Å². The summed E-state index contributed by atoms with van der Waals surface area (Å²) in [6.07, 6.45) is 2.35. The van der Waals surface area contributed by atoms with Crippen LogP contribution in [0.15, 0.2) is 48.5 Å². The SMILES string of the molecule is CCCCN(c1ccccc1)c1cc(C)cc(N)c1. The van der Waals surface area contributed by atoms with Crippen LogP contribution >= 0.6 is 0 Å². The number of benzene rings is 2. The molecule has 0 aliphatic heterocycles. The maximum Gasteiger partial charge on any atom is 0.0434 e. The first kappa shape index (κ1) is 13.5. The zero-order chi connectivity index (χ0) is 13.7. The van der Waals surface area contributed by atoms with Gasteiger partial charge in [0.25, 0.3) is 0 Å². The average Bonchev–Trinajstić information content (AvgIpc) is 2.39. The van der Waals surface area contributed by atoms with Gasteiger partial charge in [0.1, 0.15) is 0 Å². The van der Waals surface area contributed by atoms with Gasteiger partial charge in [-0.05, 0) is 49.2 Å². The minimum absolute atomic E-state index is 0.826. The van der Waals surface area contributed by atoms with Crippen LogP contribution in [0.1, 0.15) is 25.3 Å². The highest BCUT2D eigenvalue weighted by molar-refractivity contribution is 5.67. The number of nitrogens with zero attached hydrogens (tertiary/aromatic N) is 1. The second-order valence-corrected chi connectivity index (χ2v) is 4.94. The molecular formula is C17H22N2. The highest BCUT2D eigenvalue weighted by atomic mass is 15.1. The topological polar surface area (TPSA) is 29.3 Å². The van der Waals surface area contributed by atoms with Crippen LogP contribution in [-0.4, -0.2) is 6.54 Å². The zero-order valence-corrected chi connectivity index (χ0v) is 11.8. The van der Waals surface area contributed by atoms with Gasteiger partial charge >= 0.3 is 0 Å². The molecule has 0 spiro atoms. The molecule has 0 saturated carbocycles. The van der Waals surface area contributed by atoms with Gasteiger partial charge in [0, 0.05) is 23.6 Å². The first-order valence-corrected chi connectivity index (χ1v) is 6.90. The lowest BCUT2D eigenvalue weighted by molar-refractivity contribution is 0.786. The Bertz CT molecular complexity index is 500. The van der Waals surface area contributed by atoms with E-state index in [1.54, 1.807) is 0 Å². The molecule has 0 heterocycles. The summed E-state index contributed by atoms with van der Waals surface area (Å²) in [5, 5.41) is 0. The van der Waals surface area contributed by atoms with Crippen LogP contribution in [0.5, 0.6) is 0 Å². The van der Waals surface area contributed by atoms with Crippen molar-refractivity contribution in [1.82, 2.24) is 0 Å². The molecule has 2 aromatic carbocycles. The first-order chi connectivity index (χ1) is 9.20. The maximum absolute atomic E-state index is 5.98. The molecule has 0 aliphatic carbocycles. The van der Waals surface area contributed by atoms with E-state index in [0.717, 1.165) is 12.2 Å². The van der Waals surface area contributed by atoms with E-state index in [9.17, 15) is 0 Å². The normalized spacial score (nSPS) is 10.4. The van der Waals surface area contributed by atoms with E-state index in [4.69, 9.17) is 5.73 Å². The quantitative estimate of drug-likeness (QED) is 0.795. The number of rotatable bonds is 5. The van der Waals surface area contributed by atoms with Gasteiger partial charge in [-0.2, -0.15) is 0 Å². The molecule has 2 heteroatoms. The molecular weight excluding hydrogens is 232 g/mol. The summed E-state index contributed by atoms with van der Waals surface area (Å²) in [6, 6.07) is 16.7. The Balaban J connectivity index is 2.36. The smallest absolute Gasteiger partial charge is 0.0434 e. The Labute approximate surface area is 115 Å². The first-order valence-electron chi connectivity index (χ1n) is 6.90. The second-order valence-electron chi connectivity index (χ2n) is 4.94. The summed E-state index contributed by atoms with van der Waals surface area (Å²) in [5.41, 5.74) is 10.4. The third-order valence-corrected chi connectivity index (χ3v) is 3.20. The van der Waals surface area contributed by atoms with Crippen LogP contribution in [0.25, 0.3) is 0 Å². The average molecular weight is 254 g/mol. The fraction of sp³-hybridized carbons (Fsp3) is 0.294. The molecule has 0 fully saturated rings. The summed E-state index contributed by atoms with van der Waals surface area (Å²) in [6.45, 7) is 5.32. The molecule has 2 N–H and O–H groups in total. The summed E-state index contributed by atoms with van der Waals surface area (Å²) >= 11 is 0. The van der Waals surface area contributed by atoms with E-state index < -0.39 is 0 Å². The number of hydrogen-bond acceptors (Lipinski definition) is 2. The molecule has 0 aromatic heterocycles. The van der Waals surface area contributed by atoms with Crippen molar-refractivity contribution in [1.29, 1.82) is 0 Å². The van der Waals surface area contributed by atoms with Crippen molar-refractivity contribution in [2.75, 3.05) is 17.2 Å². The number of nitrogen functional groups attached to an aromatic ring is 1. The monoisotopic (exact) mass is 254 g/mol. The molecule has 2 rings (SSSR count). The van der Waals surface area contributed by atoms with Crippen LogP contribution < -0.4 is 10.6 Å². The lowest BCUT2D eigenvalue weighted by Gasteiger charge is -2.25. The van der Waals surface area contributed by atoms with E-state index in [-0.39, 0.29) is 0 Å². The van der Waals surface area contributed by atoms with E-state index in [1.165, 1.54) is 29.8 Å². The van der Waals surface area contributed by atoms with Gasteiger partial charge in [0.15, 0.2) is 0 Å². The van der Waals surface area contributed by atoms with Crippen LogP contribution in [-0.2, 0) is 0 Å². The zero-order valence-electron chi connectivity index (χ0n) is 11.8. The third-order valence-electron chi connectivity index (χ3n) is 3.20. The van der Waals surface area contributed by atoms with Crippen molar-refractivity contribution < 1.29 is 0 Å². The second kappa shape index (κ2) is 6.28. The number of anilines is 3. The summed E-state index contributed by atoms with van der Waals surface area (Å²) in [4.78, 5) is 2.34. The van der Waals surface area contributed by atoms with Crippen molar-refractivity contribution in [3.8, 4) is 0 Å². The third kappa shape index (κ3) is 3.50. The van der Waals surface area contributed by atoms with Crippen LogP contribution in [0.2, 0.25) is 0 Å². The van der Waals surface area contributed by atoms with Gasteiger partial charge in [0.05, 0.1) is 0 Å². The summed E-state index contributed by atoms with van der Waals surface area (Å²) in [7, 11) is 0. The maximum atomic E-state index is 5.98. The van der Waals surface area contributed by atoms with Crippen LogP contribution in [0.4, 0.5) is 17.1 Å². The van der Waals surface area contributed by atoms with Gasteiger partial charge < -0.3 is 10.6 Å². The number of aryl methyl sites for hydroxylation is 1. The predicted octanol–water partition coefficient (Wildman–Crippen LogP) is 4.52. The Kier molecular flexibility index (Phi) is 4.45. The van der Waals surface area contributed by atoms with Crippen molar-refractivity contribution >= 4 is 17.1 Å². The Hall–Kier alpha value is -1.96. The minimum Gasteiger partial charge on any atom is -0.399 e. The highest BCUT2D eigenvalue weighted by Crippen LogP contribution is 2.28. The molecule has 2 nitrogen and oxygen atoms in total. The van der Waals surface area contributed by atoms with Crippen molar-refractivity contribution in [3.05, 3.63) is 54.1 Å². The van der Waals surface area contributed by atoms with Crippen LogP contribution in [0, 0.1) is 6.92 Å². The Morgan fingerprint density at radius 1 is 1.00 bits per heavy atom. The fourth-order valence-electron chi connectivity index (χ4n) is 2.28. The lowest BCUT2D eigenvalue weighted by atomic mass is 10.1. The van der Waals surface area contributed by atoms with E-state index >= 15 is 0 Å². The van der Waals surface area contributed by atoms with E-state index in [0.29, 0.717) is 0 Å². The predicted molar refractivity (Wildman–Crippen MR) is 83.9 cm³/mol. The molecule has 0 radical (unpaired) electrons. The highest BCUT2D eigenvalue weighted by Gasteiger charge is 2.09. The standard InChI is InChI=1S/C17H22N2/c1-3-4-10-19(16-8-6-5-7-9-16)17-12-14(2)11-15(18)13-17/h5-9,11-13H,3-4,10,18H2,1-2H3. The van der Waals surface area contributed by atoms with Gasteiger partial charge in [-0.15, -0.1) is 0 Å². The molecule has 0 aliphatic rings. The van der Waals surface area contributed by atoms with Gasteiger partial charge in [-0.3, -0.25) is 0 Å². The van der Waals surface area contributed by atoms with E-state index in [2.05, 4.69) is 55.1 Å². The number of unbranched alkanes of at least 4 members (excludes halogenated alkanes) is 1. The van der Waals surface area contributed by atoms with Gasteiger partial charge in [0.2, 0.25) is 0 Å². The number of hydrogen-bond donors (Lipinski definition) is 1. The summed E-state index contributed by atoms with van der Waals surface area (Å²) < 4.78 is 0. The van der Waals surface area contributed by atoms with E-state index in [1.807, 2.05) is 12.1 Å². The van der Waals surface area contributed by atoms with Crippen molar-refractivity contribution in [3.63, 3.8) is 0 Å². The molecule has 0 bridgehead atoms. The van der Waals surface area contributed by atoms with Crippen LogP contribution in [0.3, 0.4) is 0 Å². The van der Waals surface area contributed by atoms with Crippen molar-refractivity contribution in [2.45, 2.75) is 26.7 Å². The largest absolute Gasteiger partial charge is 0.399 e. The molecule has 0 unspecified atom stereocenters. The fourth-order valence-corrected chi connectivity index (χ4v) is 2.28. The Morgan fingerprint density at radius 2 is 1.74 bits per heavy atom. The molecule has 2 aromatic rings. The minimum atomic E-state index is 0.826. The Morgan fingerprint density at radius 3 is 2.37 bits per heavy atom. The van der Waals surface area contributed by atoms with Gasteiger partial charge in [-0.1, -0.05) is 31.5 Å². The molecule has 0 amide bonds. The molecule has 19 heavy (non-hydrogen) atoms. The lowest BCUT2D eigenvalue weighted by Crippen LogP contribution is -2.18. The summed E-state index contributed by atoms with van der Waals surface area (Å²) in [5.74, 6) is 0.